The van der Waals surface area contributed by atoms with Crippen molar-refractivity contribution in [3.05, 3.63) is 27.1 Å². The van der Waals surface area contributed by atoms with Crippen molar-refractivity contribution in [2.75, 3.05) is 6.54 Å². The van der Waals surface area contributed by atoms with E-state index in [4.69, 9.17) is 11.6 Å². The molecular formula is C15H15AsBrClN4O2S. The summed E-state index contributed by atoms with van der Waals surface area (Å²) in [5, 5.41) is 3.15. The monoisotopic (exact) mass is 504 g/mol. The SMILES string of the molecule is CC1(C)C(=O)NC(=O)N1CC[AsH]c1ncc(Br)c(-c2ccc(Cl)s2)n1. The molecule has 3 heterocycles. The molecule has 0 spiro atoms. The maximum atomic E-state index is 11.9. The van der Waals surface area contributed by atoms with Crippen LogP contribution < -0.4 is 9.93 Å². The average Bonchev–Trinajstić information content (AvgIpc) is 3.05. The second-order valence-electron chi connectivity index (χ2n) is 5.89. The topological polar surface area (TPSA) is 75.2 Å². The van der Waals surface area contributed by atoms with Crippen molar-refractivity contribution < 1.29 is 9.59 Å². The van der Waals surface area contributed by atoms with Crippen LogP contribution in [0.1, 0.15) is 13.8 Å². The predicted molar refractivity (Wildman–Crippen MR) is 104 cm³/mol. The van der Waals surface area contributed by atoms with Crippen molar-refractivity contribution in [2.24, 2.45) is 0 Å². The van der Waals surface area contributed by atoms with Gasteiger partial charge in [-0.25, -0.2) is 0 Å². The van der Waals surface area contributed by atoms with E-state index in [-0.39, 0.29) is 11.9 Å². The number of hydrogen-bond donors (Lipinski definition) is 1. The van der Waals surface area contributed by atoms with Gasteiger partial charge in [0, 0.05) is 0 Å². The fourth-order valence-corrected chi connectivity index (χ4v) is 5.90. The summed E-state index contributed by atoms with van der Waals surface area (Å²) in [4.78, 5) is 35.3. The van der Waals surface area contributed by atoms with Crippen molar-refractivity contribution in [1.82, 2.24) is 20.2 Å². The second-order valence-corrected chi connectivity index (χ2v) is 11.2. The van der Waals surface area contributed by atoms with E-state index in [2.05, 4.69) is 31.2 Å². The van der Waals surface area contributed by atoms with Crippen LogP contribution in [-0.4, -0.2) is 54.6 Å². The summed E-state index contributed by atoms with van der Waals surface area (Å²) in [7, 11) is 0. The van der Waals surface area contributed by atoms with Gasteiger partial charge in [0.2, 0.25) is 0 Å². The summed E-state index contributed by atoms with van der Waals surface area (Å²) >= 11 is 10.3. The molecule has 6 nitrogen and oxygen atoms in total. The molecule has 0 bridgehead atoms. The van der Waals surface area contributed by atoms with Gasteiger partial charge in [-0.15, -0.1) is 0 Å². The van der Waals surface area contributed by atoms with E-state index in [1.165, 1.54) is 11.3 Å². The summed E-state index contributed by atoms with van der Waals surface area (Å²) in [6, 6.07) is 3.45. The summed E-state index contributed by atoms with van der Waals surface area (Å²) in [5.41, 5.74) is 0.0305. The van der Waals surface area contributed by atoms with Gasteiger partial charge in [0.1, 0.15) is 0 Å². The predicted octanol–water partition coefficient (Wildman–Crippen LogP) is 2.43. The Hall–Kier alpha value is -0.952. The zero-order valence-corrected chi connectivity index (χ0v) is 18.7. The van der Waals surface area contributed by atoms with Gasteiger partial charge in [0.25, 0.3) is 0 Å². The number of carbonyl (C=O) groups is 2. The molecule has 3 rings (SSSR count). The number of amides is 3. The van der Waals surface area contributed by atoms with Gasteiger partial charge < -0.3 is 0 Å². The Morgan fingerprint density at radius 3 is 2.76 bits per heavy atom. The fraction of sp³-hybridized carbons (Fsp3) is 0.333. The van der Waals surface area contributed by atoms with Gasteiger partial charge in [-0.2, -0.15) is 0 Å². The molecule has 1 atom stereocenters. The van der Waals surface area contributed by atoms with Gasteiger partial charge in [-0.1, -0.05) is 0 Å². The summed E-state index contributed by atoms with van der Waals surface area (Å²) < 4.78 is 2.35. The number of halogens is 2. The van der Waals surface area contributed by atoms with Crippen LogP contribution >= 0.6 is 38.9 Å². The normalized spacial score (nSPS) is 16.9. The standard InChI is InChI=1S/C15H15AsBrClN4O2S/c1-15(2)12(23)21-14(24)22(15)6-5-16-13-19-7-8(17)11(20-13)9-3-4-10(18)25-9/h3-4,7,16H,5-6H2,1-2H3,(H,21,23,24). The van der Waals surface area contributed by atoms with E-state index in [1.54, 1.807) is 24.9 Å². The van der Waals surface area contributed by atoms with Crippen LogP contribution in [0, 0.1) is 0 Å². The number of hydrogen-bond acceptors (Lipinski definition) is 5. The van der Waals surface area contributed by atoms with Crippen LogP contribution in [0.2, 0.25) is 9.54 Å². The van der Waals surface area contributed by atoms with Crippen molar-refractivity contribution in [3.63, 3.8) is 0 Å². The number of imide groups is 1. The van der Waals surface area contributed by atoms with E-state index >= 15 is 0 Å². The van der Waals surface area contributed by atoms with E-state index in [0.717, 1.165) is 24.9 Å². The maximum absolute atomic E-state index is 11.9. The quantitative estimate of drug-likeness (QED) is 0.500. The third-order valence-corrected chi connectivity index (χ3v) is 7.85. The molecule has 2 aromatic heterocycles. The van der Waals surface area contributed by atoms with Crippen LogP contribution in [0.15, 0.2) is 22.8 Å². The molecule has 1 fully saturated rings. The first-order valence-electron chi connectivity index (χ1n) is 7.44. The number of rotatable bonds is 5. The zero-order chi connectivity index (χ0) is 18.2. The van der Waals surface area contributed by atoms with Gasteiger partial charge in [0.05, 0.1) is 0 Å². The third kappa shape index (κ3) is 3.92. The molecule has 132 valence electrons. The summed E-state index contributed by atoms with van der Waals surface area (Å²) in [5.74, 6) is -0.255. The van der Waals surface area contributed by atoms with Gasteiger partial charge in [-0.3, -0.25) is 0 Å². The van der Waals surface area contributed by atoms with Crippen LogP contribution in [0.3, 0.4) is 0 Å². The van der Waals surface area contributed by atoms with Crippen LogP contribution in [-0.2, 0) is 4.79 Å². The zero-order valence-electron chi connectivity index (χ0n) is 13.5. The Morgan fingerprint density at radius 2 is 2.16 bits per heavy atom. The number of nitrogens with one attached hydrogen (secondary N) is 1. The Balaban J connectivity index is 1.68. The third-order valence-electron chi connectivity index (χ3n) is 3.87. The molecule has 1 aliphatic heterocycles. The van der Waals surface area contributed by atoms with Crippen molar-refractivity contribution >= 4 is 71.2 Å². The molecule has 1 unspecified atom stereocenters. The molecule has 10 heteroatoms. The number of thiophene rings is 1. The van der Waals surface area contributed by atoms with Gasteiger partial charge >= 0.3 is 170 Å². The first-order valence-corrected chi connectivity index (χ1v) is 12.0. The molecule has 0 aliphatic carbocycles. The molecule has 1 aliphatic rings. The molecule has 3 amide bonds. The molecule has 0 radical (unpaired) electrons. The van der Waals surface area contributed by atoms with Gasteiger partial charge in [-0.05, 0) is 0 Å². The van der Waals surface area contributed by atoms with Crippen molar-refractivity contribution in [2.45, 2.75) is 24.6 Å². The van der Waals surface area contributed by atoms with Crippen LogP contribution in [0.4, 0.5) is 4.79 Å². The molecule has 0 aromatic carbocycles. The molecular weight excluding hydrogens is 491 g/mol. The van der Waals surface area contributed by atoms with Crippen LogP contribution in [0.25, 0.3) is 10.6 Å². The molecule has 1 N–H and O–H groups in total. The number of aromatic nitrogens is 2. The van der Waals surface area contributed by atoms with Crippen LogP contribution in [0.5, 0.6) is 0 Å². The van der Waals surface area contributed by atoms with E-state index in [1.807, 2.05) is 12.1 Å². The molecule has 1 saturated heterocycles. The Morgan fingerprint density at radius 1 is 1.40 bits per heavy atom. The summed E-state index contributed by atoms with van der Waals surface area (Å²) in [6.45, 7) is 4.02. The summed E-state index contributed by atoms with van der Waals surface area (Å²) in [6.07, 6.45) is 1.75. The second kappa shape index (κ2) is 7.35. The first-order chi connectivity index (χ1) is 11.8. The minimum atomic E-state index is -0.803. The first kappa shape index (κ1) is 18.8. The van der Waals surface area contributed by atoms with Gasteiger partial charge in [0.15, 0.2) is 0 Å². The van der Waals surface area contributed by atoms with E-state index < -0.39 is 21.3 Å². The van der Waals surface area contributed by atoms with E-state index in [0.29, 0.717) is 10.9 Å². The molecule has 2 aromatic rings. The Labute approximate surface area is 169 Å². The van der Waals surface area contributed by atoms with Crippen molar-refractivity contribution in [1.29, 1.82) is 0 Å². The molecule has 25 heavy (non-hydrogen) atoms. The van der Waals surface area contributed by atoms with Crippen molar-refractivity contribution in [3.8, 4) is 10.6 Å². The number of urea groups is 1. The van der Waals surface area contributed by atoms with E-state index in [9.17, 15) is 9.59 Å². The fourth-order valence-electron chi connectivity index (χ4n) is 2.42. The average molecular weight is 506 g/mol. The number of carbonyl (C=O) groups excluding carboxylic acids is 2. The number of nitrogens with zero attached hydrogens (tertiary/aromatic N) is 3. The minimum absolute atomic E-state index is 0.255. The molecule has 0 saturated carbocycles. The Bertz CT molecular complexity index is 845. The Kier molecular flexibility index (Phi) is 5.53.